The maximum Gasteiger partial charge on any atom is 0.394 e. The Kier molecular flexibility index (Phi) is 3.38. The molecule has 0 radical (unpaired) electrons. The summed E-state index contributed by atoms with van der Waals surface area (Å²) in [5.41, 5.74) is 1.31. The number of fused-ring (bicyclic) bond motifs is 1. The summed E-state index contributed by atoms with van der Waals surface area (Å²) in [5, 5.41) is 3.21. The summed E-state index contributed by atoms with van der Waals surface area (Å²) >= 11 is 0. The van der Waals surface area contributed by atoms with Gasteiger partial charge in [-0.3, -0.25) is 4.79 Å². The second-order valence-electron chi connectivity index (χ2n) is 6.54. The number of nitrogens with zero attached hydrogens (tertiary/aromatic N) is 1. The van der Waals surface area contributed by atoms with Gasteiger partial charge in [-0.2, -0.15) is 13.2 Å². The third-order valence-corrected chi connectivity index (χ3v) is 4.89. The summed E-state index contributed by atoms with van der Waals surface area (Å²) in [7, 11) is 0. The Morgan fingerprint density at radius 2 is 2.09 bits per heavy atom. The SMILES string of the molecule is CC1(C)C(C(F)(F)F)CCN1C(=O)c1ccc2c(c1)CCN2. The molecule has 1 unspecified atom stereocenters. The molecule has 0 aromatic heterocycles. The molecule has 22 heavy (non-hydrogen) atoms. The van der Waals surface area contributed by atoms with E-state index in [9.17, 15) is 18.0 Å². The molecule has 1 amide bonds. The largest absolute Gasteiger partial charge is 0.394 e. The smallest absolute Gasteiger partial charge is 0.384 e. The lowest BCUT2D eigenvalue weighted by Gasteiger charge is -2.36. The first-order valence-corrected chi connectivity index (χ1v) is 7.47. The first-order valence-electron chi connectivity index (χ1n) is 7.47. The van der Waals surface area contributed by atoms with E-state index in [0.717, 1.165) is 24.2 Å². The van der Waals surface area contributed by atoms with Crippen LogP contribution in [0.4, 0.5) is 18.9 Å². The van der Waals surface area contributed by atoms with Crippen LogP contribution in [0.5, 0.6) is 0 Å². The minimum Gasteiger partial charge on any atom is -0.384 e. The van der Waals surface area contributed by atoms with E-state index in [0.29, 0.717) is 5.56 Å². The third-order valence-electron chi connectivity index (χ3n) is 4.89. The van der Waals surface area contributed by atoms with E-state index >= 15 is 0 Å². The zero-order valence-electron chi connectivity index (χ0n) is 12.6. The van der Waals surface area contributed by atoms with Gasteiger partial charge < -0.3 is 10.2 Å². The summed E-state index contributed by atoms with van der Waals surface area (Å²) < 4.78 is 39.4. The first-order chi connectivity index (χ1) is 10.2. The molecule has 0 aliphatic carbocycles. The van der Waals surface area contributed by atoms with Gasteiger partial charge in [0.15, 0.2) is 0 Å². The van der Waals surface area contributed by atoms with Gasteiger partial charge in [-0.25, -0.2) is 0 Å². The Morgan fingerprint density at radius 3 is 2.73 bits per heavy atom. The predicted octanol–water partition coefficient (Wildman–Crippen LogP) is 3.46. The fraction of sp³-hybridized carbons (Fsp3) is 0.562. The minimum absolute atomic E-state index is 0.0330. The Hall–Kier alpha value is -1.72. The van der Waals surface area contributed by atoms with Crippen LogP contribution in [-0.2, 0) is 6.42 Å². The molecule has 1 aromatic carbocycles. The molecule has 3 rings (SSSR count). The van der Waals surface area contributed by atoms with E-state index < -0.39 is 17.6 Å². The van der Waals surface area contributed by atoms with Gasteiger partial charge >= 0.3 is 6.18 Å². The minimum atomic E-state index is -4.28. The molecule has 2 aliphatic heterocycles. The molecule has 0 bridgehead atoms. The number of alkyl halides is 3. The highest BCUT2D eigenvalue weighted by Crippen LogP contribution is 2.45. The van der Waals surface area contributed by atoms with Crippen LogP contribution < -0.4 is 5.32 Å². The number of benzene rings is 1. The number of carbonyl (C=O) groups excluding carboxylic acids is 1. The predicted molar refractivity (Wildman–Crippen MR) is 77.9 cm³/mol. The van der Waals surface area contributed by atoms with E-state index in [1.807, 2.05) is 6.07 Å². The topological polar surface area (TPSA) is 32.3 Å². The summed E-state index contributed by atoms with van der Waals surface area (Å²) in [6.45, 7) is 3.99. The molecule has 1 fully saturated rings. The number of nitrogens with one attached hydrogen (secondary N) is 1. The third kappa shape index (κ3) is 2.34. The van der Waals surface area contributed by atoms with Crippen LogP contribution in [0.15, 0.2) is 18.2 Å². The summed E-state index contributed by atoms with van der Waals surface area (Å²) in [5.74, 6) is -1.79. The number of hydrogen-bond acceptors (Lipinski definition) is 2. The lowest BCUT2D eigenvalue weighted by Crippen LogP contribution is -2.49. The van der Waals surface area contributed by atoms with Gasteiger partial charge in [0.2, 0.25) is 0 Å². The van der Waals surface area contributed by atoms with Crippen molar-refractivity contribution in [3.8, 4) is 0 Å². The second-order valence-corrected chi connectivity index (χ2v) is 6.54. The maximum atomic E-state index is 13.1. The van der Waals surface area contributed by atoms with Crippen molar-refractivity contribution in [1.82, 2.24) is 4.90 Å². The van der Waals surface area contributed by atoms with Gasteiger partial charge in [0.1, 0.15) is 0 Å². The van der Waals surface area contributed by atoms with Gasteiger partial charge in [-0.05, 0) is 50.5 Å². The number of rotatable bonds is 1. The van der Waals surface area contributed by atoms with Gasteiger partial charge in [0, 0.05) is 29.9 Å². The van der Waals surface area contributed by atoms with Crippen LogP contribution in [0.3, 0.4) is 0 Å². The van der Waals surface area contributed by atoms with E-state index in [-0.39, 0.29) is 18.9 Å². The van der Waals surface area contributed by atoms with Crippen molar-refractivity contribution in [1.29, 1.82) is 0 Å². The Labute approximate surface area is 127 Å². The maximum absolute atomic E-state index is 13.1. The van der Waals surface area contributed by atoms with Crippen LogP contribution >= 0.6 is 0 Å². The fourth-order valence-corrected chi connectivity index (χ4v) is 3.61. The summed E-state index contributed by atoms with van der Waals surface area (Å²) in [4.78, 5) is 14.0. The van der Waals surface area contributed by atoms with Gasteiger partial charge in [-0.1, -0.05) is 0 Å². The Morgan fingerprint density at radius 1 is 1.36 bits per heavy atom. The molecule has 2 aliphatic rings. The summed E-state index contributed by atoms with van der Waals surface area (Å²) in [6, 6.07) is 5.32. The lowest BCUT2D eigenvalue weighted by molar-refractivity contribution is -0.189. The molecule has 1 saturated heterocycles. The molecular weight excluding hydrogens is 293 g/mol. The highest BCUT2D eigenvalue weighted by atomic mass is 19.4. The molecule has 1 atom stereocenters. The molecular formula is C16H19F3N2O. The van der Waals surface area contributed by atoms with Crippen molar-refractivity contribution in [3.05, 3.63) is 29.3 Å². The van der Waals surface area contributed by atoms with E-state index in [4.69, 9.17) is 0 Å². The Bertz CT molecular complexity index is 610. The van der Waals surface area contributed by atoms with Gasteiger partial charge in [0.05, 0.1) is 5.92 Å². The van der Waals surface area contributed by atoms with E-state index in [1.165, 1.54) is 18.7 Å². The fourth-order valence-electron chi connectivity index (χ4n) is 3.61. The normalized spacial score (nSPS) is 23.3. The standard InChI is InChI=1S/C16H19F3N2O/c1-15(2)13(16(17,18)19)6-8-21(15)14(22)11-3-4-12-10(9-11)5-7-20-12/h3-4,9,13,20H,5-8H2,1-2H3. The number of hydrogen-bond donors (Lipinski definition) is 1. The first kappa shape index (κ1) is 15.2. The number of amides is 1. The van der Waals surface area contributed by atoms with Crippen molar-refractivity contribution in [3.63, 3.8) is 0 Å². The van der Waals surface area contributed by atoms with Crippen LogP contribution in [0.2, 0.25) is 0 Å². The molecule has 1 aromatic rings. The zero-order chi connectivity index (χ0) is 16.1. The average Bonchev–Trinajstić information content (AvgIpc) is 2.99. The van der Waals surface area contributed by atoms with E-state index in [2.05, 4.69) is 5.32 Å². The lowest BCUT2D eigenvalue weighted by atomic mass is 9.87. The van der Waals surface area contributed by atoms with Crippen molar-refractivity contribution < 1.29 is 18.0 Å². The monoisotopic (exact) mass is 312 g/mol. The molecule has 0 saturated carbocycles. The number of halogens is 3. The number of anilines is 1. The van der Waals surface area contributed by atoms with E-state index in [1.54, 1.807) is 12.1 Å². The van der Waals surface area contributed by atoms with Crippen LogP contribution in [0, 0.1) is 5.92 Å². The summed E-state index contributed by atoms with van der Waals surface area (Å²) in [6.07, 6.45) is -3.47. The zero-order valence-corrected chi connectivity index (χ0v) is 12.6. The highest BCUT2D eigenvalue weighted by molar-refractivity contribution is 5.95. The van der Waals surface area contributed by atoms with Gasteiger partial charge in [0.25, 0.3) is 5.91 Å². The van der Waals surface area contributed by atoms with Crippen molar-refractivity contribution in [2.24, 2.45) is 5.92 Å². The Balaban J connectivity index is 1.87. The van der Waals surface area contributed by atoms with Crippen molar-refractivity contribution in [2.75, 3.05) is 18.4 Å². The highest BCUT2D eigenvalue weighted by Gasteiger charge is 2.56. The van der Waals surface area contributed by atoms with Crippen LogP contribution in [0.1, 0.15) is 36.2 Å². The molecule has 0 spiro atoms. The van der Waals surface area contributed by atoms with Crippen LogP contribution in [-0.4, -0.2) is 35.6 Å². The molecule has 3 nitrogen and oxygen atoms in total. The average molecular weight is 312 g/mol. The van der Waals surface area contributed by atoms with Gasteiger partial charge in [-0.15, -0.1) is 0 Å². The molecule has 2 heterocycles. The molecule has 120 valence electrons. The second kappa shape index (κ2) is 4.89. The number of carbonyl (C=O) groups is 1. The quantitative estimate of drug-likeness (QED) is 0.861. The molecule has 1 N–H and O–H groups in total. The van der Waals surface area contributed by atoms with Crippen molar-refractivity contribution >= 4 is 11.6 Å². The van der Waals surface area contributed by atoms with Crippen LogP contribution in [0.25, 0.3) is 0 Å². The van der Waals surface area contributed by atoms with Crippen molar-refractivity contribution in [2.45, 2.75) is 38.4 Å². The number of likely N-dealkylation sites (tertiary alicyclic amines) is 1. The molecule has 6 heteroatoms.